The maximum Gasteiger partial charge on any atom is 0.150 e. The maximum atomic E-state index is 10.8. The van der Waals surface area contributed by atoms with Gasteiger partial charge >= 0.3 is 0 Å². The van der Waals surface area contributed by atoms with Crippen LogP contribution in [0.5, 0.6) is 0 Å². The summed E-state index contributed by atoms with van der Waals surface area (Å²) in [5.74, 6) is 0. The number of hydrogen-bond donors (Lipinski definition) is 0. The van der Waals surface area contributed by atoms with Crippen molar-refractivity contribution in [3.05, 3.63) is 71.3 Å². The van der Waals surface area contributed by atoms with Crippen molar-refractivity contribution in [2.24, 2.45) is 0 Å². The normalized spacial score (nSPS) is 13.3. The number of benzene rings is 3. The zero-order valence-electron chi connectivity index (χ0n) is 11.8. The molecule has 1 aliphatic rings. The Morgan fingerprint density at radius 3 is 2.38 bits per heavy atom. The van der Waals surface area contributed by atoms with Crippen LogP contribution < -0.4 is 0 Å². The van der Waals surface area contributed by atoms with E-state index in [0.717, 1.165) is 11.8 Å². The third-order valence-electron chi connectivity index (χ3n) is 4.45. The summed E-state index contributed by atoms with van der Waals surface area (Å²) in [6.07, 6.45) is 4.57. The van der Waals surface area contributed by atoms with E-state index < -0.39 is 0 Å². The van der Waals surface area contributed by atoms with E-state index in [1.165, 1.54) is 52.3 Å². The molecule has 0 N–H and O–H groups in total. The second-order valence-corrected chi connectivity index (χ2v) is 5.74. The van der Waals surface area contributed by atoms with Crippen molar-refractivity contribution < 1.29 is 4.79 Å². The van der Waals surface area contributed by atoms with Crippen LogP contribution in [-0.4, -0.2) is 6.29 Å². The molecule has 0 saturated heterocycles. The predicted molar refractivity (Wildman–Crippen MR) is 86.8 cm³/mol. The Morgan fingerprint density at radius 2 is 1.62 bits per heavy atom. The molecule has 0 aliphatic heterocycles. The fraction of sp³-hybridized carbons (Fsp3) is 0.150. The highest BCUT2D eigenvalue weighted by atomic mass is 16.1. The summed E-state index contributed by atoms with van der Waals surface area (Å²) >= 11 is 0. The van der Waals surface area contributed by atoms with Crippen LogP contribution in [0.1, 0.15) is 27.9 Å². The van der Waals surface area contributed by atoms with Crippen LogP contribution in [0.3, 0.4) is 0 Å². The molecule has 0 spiro atoms. The van der Waals surface area contributed by atoms with Crippen LogP contribution in [0.4, 0.5) is 0 Å². The minimum absolute atomic E-state index is 0.722. The lowest BCUT2D eigenvalue weighted by atomic mass is 9.95. The van der Waals surface area contributed by atoms with E-state index in [1.807, 2.05) is 24.3 Å². The summed E-state index contributed by atoms with van der Waals surface area (Å²) in [5, 5.41) is 2.63. The van der Waals surface area contributed by atoms with E-state index in [2.05, 4.69) is 30.3 Å². The molecule has 4 rings (SSSR count). The number of carbonyl (C=O) groups is 1. The van der Waals surface area contributed by atoms with Crippen LogP contribution in [0.25, 0.3) is 21.9 Å². The molecule has 0 bridgehead atoms. The van der Waals surface area contributed by atoms with Gasteiger partial charge in [-0.1, -0.05) is 54.6 Å². The molecule has 0 heterocycles. The molecule has 21 heavy (non-hydrogen) atoms. The smallest absolute Gasteiger partial charge is 0.150 e. The first-order valence-electron chi connectivity index (χ1n) is 7.45. The third-order valence-corrected chi connectivity index (χ3v) is 4.45. The summed E-state index contributed by atoms with van der Waals surface area (Å²) in [4.78, 5) is 10.8. The van der Waals surface area contributed by atoms with Crippen LogP contribution >= 0.6 is 0 Å². The summed E-state index contributed by atoms with van der Waals surface area (Å²) in [6, 6.07) is 19.0. The maximum absolute atomic E-state index is 10.8. The summed E-state index contributed by atoms with van der Waals surface area (Å²) in [7, 11) is 0. The molecule has 1 nitrogen and oxygen atoms in total. The SMILES string of the molecule is O=Cc1ccc(-c2cccc3cc4c(cc23)CCC4)cc1. The molecule has 1 aliphatic carbocycles. The lowest BCUT2D eigenvalue weighted by Gasteiger charge is -2.10. The van der Waals surface area contributed by atoms with Crippen molar-refractivity contribution in [2.75, 3.05) is 0 Å². The van der Waals surface area contributed by atoms with E-state index in [1.54, 1.807) is 0 Å². The van der Waals surface area contributed by atoms with Crippen molar-refractivity contribution in [3.8, 4) is 11.1 Å². The van der Waals surface area contributed by atoms with Crippen LogP contribution in [-0.2, 0) is 12.8 Å². The molecule has 1 heteroatoms. The fourth-order valence-corrected chi connectivity index (χ4v) is 3.35. The van der Waals surface area contributed by atoms with Crippen molar-refractivity contribution in [3.63, 3.8) is 0 Å². The molecule has 0 unspecified atom stereocenters. The Bertz CT molecular complexity index is 828. The molecule has 0 amide bonds. The second-order valence-electron chi connectivity index (χ2n) is 5.74. The second kappa shape index (κ2) is 4.85. The van der Waals surface area contributed by atoms with Crippen molar-refractivity contribution >= 4 is 17.1 Å². The number of rotatable bonds is 2. The number of fused-ring (bicyclic) bond motifs is 2. The van der Waals surface area contributed by atoms with E-state index in [9.17, 15) is 4.79 Å². The highest BCUT2D eigenvalue weighted by Crippen LogP contribution is 2.33. The van der Waals surface area contributed by atoms with Crippen molar-refractivity contribution in [1.82, 2.24) is 0 Å². The molecule has 0 fully saturated rings. The van der Waals surface area contributed by atoms with Gasteiger partial charge in [0.25, 0.3) is 0 Å². The first-order valence-corrected chi connectivity index (χ1v) is 7.45. The Kier molecular flexibility index (Phi) is 2.85. The minimum atomic E-state index is 0.722. The van der Waals surface area contributed by atoms with Gasteiger partial charge in [-0.2, -0.15) is 0 Å². The van der Waals surface area contributed by atoms with Gasteiger partial charge in [-0.25, -0.2) is 0 Å². The molecule has 3 aromatic carbocycles. The van der Waals surface area contributed by atoms with Crippen LogP contribution in [0, 0.1) is 0 Å². The Labute approximate surface area is 124 Å². The summed E-state index contributed by atoms with van der Waals surface area (Å²) in [5.41, 5.74) is 6.15. The van der Waals surface area contributed by atoms with Gasteiger partial charge in [0.2, 0.25) is 0 Å². The molecule has 3 aromatic rings. The topological polar surface area (TPSA) is 17.1 Å². The Morgan fingerprint density at radius 1 is 0.857 bits per heavy atom. The van der Waals surface area contributed by atoms with Gasteiger partial charge in [-0.05, 0) is 52.3 Å². The Balaban J connectivity index is 1.93. The number of aryl methyl sites for hydroxylation is 2. The Hall–Kier alpha value is -2.41. The minimum Gasteiger partial charge on any atom is -0.298 e. The molecule has 0 atom stereocenters. The molecule has 102 valence electrons. The van der Waals surface area contributed by atoms with E-state index in [0.29, 0.717) is 0 Å². The quantitative estimate of drug-likeness (QED) is 0.612. The highest BCUT2D eigenvalue weighted by Gasteiger charge is 2.13. The van der Waals surface area contributed by atoms with E-state index in [4.69, 9.17) is 0 Å². The van der Waals surface area contributed by atoms with E-state index >= 15 is 0 Å². The first kappa shape index (κ1) is 12.3. The lowest BCUT2D eigenvalue weighted by Crippen LogP contribution is -1.87. The van der Waals surface area contributed by atoms with Gasteiger partial charge in [0.05, 0.1) is 0 Å². The van der Waals surface area contributed by atoms with Crippen LogP contribution in [0.15, 0.2) is 54.6 Å². The fourth-order valence-electron chi connectivity index (χ4n) is 3.35. The van der Waals surface area contributed by atoms with Crippen LogP contribution in [0.2, 0.25) is 0 Å². The molecular formula is C20H16O. The standard InChI is InChI=1S/C20H16O/c21-13-14-7-9-15(10-8-14)19-6-2-5-18-11-16-3-1-4-17(16)12-20(18)19/h2,5-13H,1,3-4H2. The predicted octanol–water partition coefficient (Wildman–Crippen LogP) is 4.81. The zero-order chi connectivity index (χ0) is 14.2. The molecule has 0 aromatic heterocycles. The number of carbonyl (C=O) groups excluding carboxylic acids is 1. The van der Waals surface area contributed by atoms with Crippen molar-refractivity contribution in [1.29, 1.82) is 0 Å². The van der Waals surface area contributed by atoms with Gasteiger partial charge < -0.3 is 0 Å². The van der Waals surface area contributed by atoms with Gasteiger partial charge in [0.1, 0.15) is 6.29 Å². The average molecular weight is 272 g/mol. The van der Waals surface area contributed by atoms with Gasteiger partial charge in [-0.3, -0.25) is 4.79 Å². The first-order chi connectivity index (χ1) is 10.3. The summed E-state index contributed by atoms with van der Waals surface area (Å²) in [6.45, 7) is 0. The van der Waals surface area contributed by atoms with Gasteiger partial charge in [-0.15, -0.1) is 0 Å². The molecule has 0 radical (unpaired) electrons. The van der Waals surface area contributed by atoms with Gasteiger partial charge in [0, 0.05) is 5.56 Å². The average Bonchev–Trinajstić information content (AvgIpc) is 2.99. The number of hydrogen-bond acceptors (Lipinski definition) is 1. The highest BCUT2D eigenvalue weighted by molar-refractivity contribution is 5.98. The van der Waals surface area contributed by atoms with Gasteiger partial charge in [0.15, 0.2) is 0 Å². The molecule has 0 saturated carbocycles. The monoisotopic (exact) mass is 272 g/mol. The lowest BCUT2D eigenvalue weighted by molar-refractivity contribution is 0.112. The summed E-state index contributed by atoms with van der Waals surface area (Å²) < 4.78 is 0. The molecular weight excluding hydrogens is 256 g/mol. The number of aldehydes is 1. The van der Waals surface area contributed by atoms with Crippen molar-refractivity contribution in [2.45, 2.75) is 19.3 Å². The zero-order valence-corrected chi connectivity index (χ0v) is 11.8. The van der Waals surface area contributed by atoms with E-state index in [-0.39, 0.29) is 0 Å². The third kappa shape index (κ3) is 2.06. The largest absolute Gasteiger partial charge is 0.298 e.